The van der Waals surface area contributed by atoms with E-state index < -0.39 is 157 Å². The number of carbonyl (C=O) groups excluding carboxylic acids is 6. The number of fused-ring (bicyclic) bond motifs is 6. The van der Waals surface area contributed by atoms with Crippen LogP contribution in [-0.4, -0.2) is 158 Å². The summed E-state index contributed by atoms with van der Waals surface area (Å²) in [6.07, 6.45) is -3.58. The maximum atomic E-state index is 13.7. The molecule has 23 heteroatoms. The van der Waals surface area contributed by atoms with Gasteiger partial charge >= 0.3 is 0 Å². The minimum absolute atomic E-state index is 0. The fraction of sp³-hybridized carbons (Fsp3) is 0.395. The number of hydrogen-bond donors (Lipinski definition) is 13. The quantitative estimate of drug-likeness (QED) is 0.166. The highest BCUT2D eigenvalue weighted by Crippen LogP contribution is 2.59. The van der Waals surface area contributed by atoms with E-state index >= 15 is 0 Å². The summed E-state index contributed by atoms with van der Waals surface area (Å²) < 4.78 is 0. The van der Waals surface area contributed by atoms with Crippen molar-refractivity contribution in [1.29, 1.82) is 0 Å². The second-order valence-electron chi connectivity index (χ2n) is 17.5. The molecule has 15 N–H and O–H groups in total. The number of aliphatic hydroxyl groups is 9. The molecule has 2 aromatic carbocycles. The number of amides is 2. The number of phenols is 2. The third kappa shape index (κ3) is 6.33. The first-order valence-corrected chi connectivity index (χ1v) is 20.2. The van der Waals surface area contributed by atoms with Crippen molar-refractivity contribution in [2.75, 3.05) is 28.2 Å². The Kier molecular flexibility index (Phi) is 12.1. The van der Waals surface area contributed by atoms with E-state index in [2.05, 4.69) is 0 Å². The molecule has 354 valence electrons. The third-order valence-corrected chi connectivity index (χ3v) is 14.0. The highest BCUT2D eigenvalue weighted by Gasteiger charge is 2.70. The first kappa shape index (κ1) is 49.6. The van der Waals surface area contributed by atoms with E-state index in [0.29, 0.717) is 0 Å². The molecule has 6 aliphatic rings. The normalized spacial score (nSPS) is 33.5. The zero-order valence-electron chi connectivity index (χ0n) is 35.4. The molecule has 66 heavy (non-hydrogen) atoms. The molecule has 2 amide bonds. The molecule has 0 radical (unpaired) electrons. The molecule has 0 bridgehead atoms. The molecule has 0 aromatic heterocycles. The largest absolute Gasteiger partial charge is 0.508 e. The van der Waals surface area contributed by atoms with Crippen molar-refractivity contribution in [3.8, 4) is 11.5 Å². The van der Waals surface area contributed by atoms with Gasteiger partial charge in [0, 0.05) is 28.0 Å². The van der Waals surface area contributed by atoms with Crippen LogP contribution < -0.4 is 11.5 Å². The van der Waals surface area contributed by atoms with Crippen molar-refractivity contribution >= 4 is 70.5 Å². The number of likely N-dealkylation sites (N-methyl/N-ethyl adjacent to an activating group) is 2. The summed E-state index contributed by atoms with van der Waals surface area (Å²) in [5, 5.41) is 121. The highest BCUT2D eigenvalue weighted by atomic mass is 35.5. The summed E-state index contributed by atoms with van der Waals surface area (Å²) in [4.78, 5) is 79.7. The molecule has 2 aromatic rings. The van der Waals surface area contributed by atoms with Crippen LogP contribution >= 0.6 is 24.0 Å². The highest BCUT2D eigenvalue weighted by molar-refractivity contribution is 6.32. The number of ketones is 4. The van der Waals surface area contributed by atoms with Crippen molar-refractivity contribution in [2.24, 2.45) is 35.1 Å². The van der Waals surface area contributed by atoms with Crippen LogP contribution in [-0.2, 0) is 34.4 Å². The molecule has 21 nitrogen and oxygen atoms in total. The number of phenolic OH excluding ortho intramolecular Hbond substituents is 2. The maximum Gasteiger partial charge on any atom is 0.255 e. The molecule has 11 atom stereocenters. The molecule has 0 saturated heterocycles. The van der Waals surface area contributed by atoms with E-state index in [1.165, 1.54) is 75.2 Å². The SMILES string of the molecule is CN(C)C1C(=O)C(C(N)=O)=C(O)C2(O)C(=O)C3=C(O)c4c(O)cccc4C(C)(O)C3C(O)C12.CN(C)[C@@H]1C(=O)C(C(N)=O)=C(O)[C@@]2(O)C(=O)C3=C(O)c4c(O)ccc(Cl)c4[C@@H](O)[C@H]3C[C@@H]12.Cl. The van der Waals surface area contributed by atoms with E-state index in [1.54, 1.807) is 0 Å². The zero-order chi connectivity index (χ0) is 48.6. The number of primary amides is 2. The number of halogens is 2. The number of rotatable bonds is 4. The van der Waals surface area contributed by atoms with Crippen molar-refractivity contribution in [3.05, 3.63) is 91.4 Å². The Bertz CT molecular complexity index is 2710. The lowest BCUT2D eigenvalue weighted by atomic mass is 9.53. The number of aromatic hydroxyl groups is 2. The van der Waals surface area contributed by atoms with Crippen LogP contribution in [0.25, 0.3) is 11.5 Å². The van der Waals surface area contributed by atoms with Crippen LogP contribution in [0.5, 0.6) is 11.5 Å². The minimum Gasteiger partial charge on any atom is -0.508 e. The fourth-order valence-corrected chi connectivity index (χ4v) is 11.1. The van der Waals surface area contributed by atoms with Crippen molar-refractivity contribution in [1.82, 2.24) is 9.80 Å². The Morgan fingerprint density at radius 3 is 1.73 bits per heavy atom. The smallest absolute Gasteiger partial charge is 0.255 e. The molecular weight excluding hydrogens is 915 g/mol. The molecule has 6 aliphatic carbocycles. The average Bonchev–Trinajstić information content (AvgIpc) is 3.20. The Hall–Kier alpha value is -5.88. The molecule has 8 rings (SSSR count). The number of hydrogen-bond acceptors (Lipinski definition) is 19. The van der Waals surface area contributed by atoms with Gasteiger partial charge in [-0.1, -0.05) is 23.7 Å². The van der Waals surface area contributed by atoms with Crippen molar-refractivity contribution in [2.45, 2.75) is 54.4 Å². The van der Waals surface area contributed by atoms with E-state index in [0.717, 1.165) is 0 Å². The Balaban J connectivity index is 0.000000215. The molecule has 0 heterocycles. The van der Waals surface area contributed by atoms with Crippen LogP contribution in [0.3, 0.4) is 0 Å². The Labute approximate surface area is 384 Å². The van der Waals surface area contributed by atoms with E-state index in [1.807, 2.05) is 0 Å². The van der Waals surface area contributed by atoms with E-state index in [-0.39, 0.29) is 46.1 Å². The second-order valence-corrected chi connectivity index (χ2v) is 17.9. The molecule has 2 saturated carbocycles. The fourth-order valence-electron chi connectivity index (χ4n) is 10.8. The van der Waals surface area contributed by atoms with Crippen LogP contribution in [0.4, 0.5) is 0 Å². The lowest BCUT2D eigenvalue weighted by Gasteiger charge is -2.55. The van der Waals surface area contributed by atoms with Crippen LogP contribution in [0.1, 0.15) is 41.7 Å². The summed E-state index contributed by atoms with van der Waals surface area (Å²) in [5.74, 6) is -17.9. The number of aliphatic hydroxyl groups excluding tert-OH is 6. The van der Waals surface area contributed by atoms with Crippen LogP contribution in [0.2, 0.25) is 5.02 Å². The van der Waals surface area contributed by atoms with Gasteiger partial charge in [-0.3, -0.25) is 38.6 Å². The number of Topliss-reactive ketones (excluding diaryl/α,β-unsaturated/α-hetero) is 4. The number of nitrogens with zero attached hydrogens (tertiary/aromatic N) is 2. The van der Waals surface area contributed by atoms with Gasteiger partial charge in [-0.05, 0) is 65.3 Å². The summed E-state index contributed by atoms with van der Waals surface area (Å²) in [5.41, 5.74) is -0.931. The number of benzene rings is 2. The lowest BCUT2D eigenvalue weighted by Crippen LogP contribution is -2.71. The van der Waals surface area contributed by atoms with E-state index in [4.69, 9.17) is 23.1 Å². The van der Waals surface area contributed by atoms with Gasteiger partial charge < -0.3 is 67.6 Å². The van der Waals surface area contributed by atoms with Gasteiger partial charge in [-0.15, -0.1) is 12.4 Å². The van der Waals surface area contributed by atoms with Gasteiger partial charge in [-0.2, -0.15) is 0 Å². The number of nitrogens with two attached hydrogens (primary N) is 2. The minimum atomic E-state index is -3.02. The Morgan fingerprint density at radius 2 is 1.20 bits per heavy atom. The van der Waals surface area contributed by atoms with Gasteiger partial charge in [0.1, 0.15) is 45.7 Å². The van der Waals surface area contributed by atoms with Gasteiger partial charge in [-0.25, -0.2) is 0 Å². The summed E-state index contributed by atoms with van der Waals surface area (Å²) in [7, 11) is 5.77. The topological polar surface area (TPSA) is 383 Å². The van der Waals surface area contributed by atoms with Gasteiger partial charge in [0.15, 0.2) is 22.8 Å². The number of carbonyl (C=O) groups is 6. The lowest BCUT2D eigenvalue weighted by molar-refractivity contribution is -0.181. The molecule has 2 fully saturated rings. The maximum absolute atomic E-state index is 13.7. The van der Waals surface area contributed by atoms with E-state index in [9.17, 15) is 84.9 Å². The summed E-state index contributed by atoms with van der Waals surface area (Å²) >= 11 is 6.19. The van der Waals surface area contributed by atoms with Gasteiger partial charge in [0.2, 0.25) is 11.6 Å². The molecule has 0 aliphatic heterocycles. The first-order valence-electron chi connectivity index (χ1n) is 19.8. The third-order valence-electron chi connectivity index (χ3n) is 13.7. The predicted octanol–water partition coefficient (Wildman–Crippen LogP) is -0.870. The van der Waals surface area contributed by atoms with Crippen LogP contribution in [0.15, 0.2) is 64.1 Å². The monoisotopic (exact) mass is 960 g/mol. The predicted molar refractivity (Wildman–Crippen MR) is 229 cm³/mol. The summed E-state index contributed by atoms with van der Waals surface area (Å²) in [6, 6.07) is 3.75. The van der Waals surface area contributed by atoms with Gasteiger partial charge in [0.05, 0.1) is 58.4 Å². The molecular formula is C43H46Cl2N4O17. The average molecular weight is 962 g/mol. The standard InChI is InChI=1S/C22H24N2O9.C21H21ClN2O8.ClH/c1-21(32)7-5-4-6-8(25)9(7)15(26)10-12(21)17(28)13-14(24(2)3)16(27)11(20(23)31)19(30)22(13,33)18(10)29;1-24(2)14-7-5-6-10(16(27)12-9(25)4-3-8(22)11(12)15(6)26)18(29)21(7,32)19(30)13(17(14)28)20(23)31;/h4-6,12-14,17,25-26,28,30,32-33H,1-3H3,(H2,23,31);3-4,6-7,14-15,25-27,30,32H,5H2,1-2H3,(H2,23,31);1H/t;6-,7-,14-,15-,21-;/m.0./s1. The first-order chi connectivity index (χ1) is 30.0. The molecule has 0 spiro atoms. The zero-order valence-corrected chi connectivity index (χ0v) is 37.0. The summed E-state index contributed by atoms with van der Waals surface area (Å²) in [6.45, 7) is 1.25. The second kappa shape index (κ2) is 16.2. The van der Waals surface area contributed by atoms with Crippen molar-refractivity contribution < 1.29 is 84.9 Å². The van der Waals surface area contributed by atoms with Crippen LogP contribution in [0, 0.1) is 23.7 Å². The van der Waals surface area contributed by atoms with Gasteiger partial charge in [0.25, 0.3) is 11.8 Å². The van der Waals surface area contributed by atoms with Crippen molar-refractivity contribution in [3.63, 3.8) is 0 Å². The Morgan fingerprint density at radius 1 is 0.712 bits per heavy atom. The molecule has 6 unspecified atom stereocenters.